The Morgan fingerprint density at radius 3 is 2.24 bits per heavy atom. The Hall–Kier alpha value is -0.0800. The van der Waals surface area contributed by atoms with Crippen molar-refractivity contribution in [1.82, 2.24) is 4.90 Å². The molecule has 0 aromatic carbocycles. The summed E-state index contributed by atoms with van der Waals surface area (Å²) in [5, 5.41) is 0. The van der Waals surface area contributed by atoms with Crippen molar-refractivity contribution in [3.63, 3.8) is 0 Å². The summed E-state index contributed by atoms with van der Waals surface area (Å²) in [6.45, 7) is 13.4. The molecule has 1 aliphatic heterocycles. The van der Waals surface area contributed by atoms with Crippen LogP contribution >= 0.6 is 0 Å². The second kappa shape index (κ2) is 7.46. The first kappa shape index (κ1) is 17.3. The lowest BCUT2D eigenvalue weighted by atomic mass is 9.72. The average molecular weight is 295 g/mol. The summed E-state index contributed by atoms with van der Waals surface area (Å²) in [4.78, 5) is 2.72. The van der Waals surface area contributed by atoms with Gasteiger partial charge in [-0.15, -0.1) is 0 Å². The van der Waals surface area contributed by atoms with E-state index >= 15 is 0 Å². The van der Waals surface area contributed by atoms with E-state index in [9.17, 15) is 0 Å². The maximum Gasteiger partial charge on any atom is 0.00795 e. The third-order valence-corrected chi connectivity index (χ3v) is 6.93. The summed E-state index contributed by atoms with van der Waals surface area (Å²) in [5.41, 5.74) is 7.08. The Bertz CT molecular complexity index is 299. The zero-order valence-electron chi connectivity index (χ0n) is 14.9. The molecule has 2 aliphatic rings. The maximum absolute atomic E-state index is 6.44. The fourth-order valence-electron chi connectivity index (χ4n) is 4.64. The molecular formula is C19H38N2. The molecule has 3 unspecified atom stereocenters. The van der Waals surface area contributed by atoms with Gasteiger partial charge in [-0.05, 0) is 68.4 Å². The molecule has 0 spiro atoms. The van der Waals surface area contributed by atoms with Crippen LogP contribution in [0.2, 0.25) is 0 Å². The molecule has 124 valence electrons. The van der Waals surface area contributed by atoms with E-state index in [-0.39, 0.29) is 0 Å². The number of rotatable bonds is 5. The van der Waals surface area contributed by atoms with E-state index in [1.54, 1.807) is 0 Å². The number of piperidine rings is 1. The highest BCUT2D eigenvalue weighted by Gasteiger charge is 2.34. The van der Waals surface area contributed by atoms with E-state index < -0.39 is 0 Å². The highest BCUT2D eigenvalue weighted by molar-refractivity contribution is 4.89. The van der Waals surface area contributed by atoms with E-state index in [4.69, 9.17) is 5.73 Å². The van der Waals surface area contributed by atoms with Crippen LogP contribution in [-0.2, 0) is 0 Å². The van der Waals surface area contributed by atoms with Crippen molar-refractivity contribution in [2.24, 2.45) is 28.9 Å². The molecule has 1 heterocycles. The van der Waals surface area contributed by atoms with E-state index in [0.717, 1.165) is 17.8 Å². The lowest BCUT2D eigenvalue weighted by Gasteiger charge is -2.44. The molecule has 2 fully saturated rings. The number of nitrogens with two attached hydrogens (primary N) is 1. The fourth-order valence-corrected chi connectivity index (χ4v) is 4.64. The van der Waals surface area contributed by atoms with Crippen LogP contribution in [-0.4, -0.2) is 30.6 Å². The minimum Gasteiger partial charge on any atom is -0.327 e. The zero-order valence-corrected chi connectivity index (χ0v) is 14.9. The van der Waals surface area contributed by atoms with Gasteiger partial charge in [0.25, 0.3) is 0 Å². The standard InChI is InChI=1S/C19H38N2/c1-5-19(6-2)9-11-21(12-10-19)14-17-13-16(15(3)4)7-8-18(17)20/h15-18H,5-14,20H2,1-4H3. The molecule has 0 aromatic heterocycles. The second-order valence-electron chi connectivity index (χ2n) is 8.25. The van der Waals surface area contributed by atoms with Crippen LogP contribution in [0.3, 0.4) is 0 Å². The zero-order chi connectivity index (χ0) is 15.5. The summed E-state index contributed by atoms with van der Waals surface area (Å²) in [6, 6.07) is 0.448. The molecule has 0 bridgehead atoms. The number of nitrogens with zero attached hydrogens (tertiary/aromatic N) is 1. The average Bonchev–Trinajstić information content (AvgIpc) is 2.50. The molecule has 0 radical (unpaired) electrons. The van der Waals surface area contributed by atoms with Crippen molar-refractivity contribution < 1.29 is 0 Å². The van der Waals surface area contributed by atoms with E-state index in [1.807, 2.05) is 0 Å². The molecule has 2 N–H and O–H groups in total. The normalized spacial score (nSPS) is 34.3. The van der Waals surface area contributed by atoms with Crippen molar-refractivity contribution in [3.05, 3.63) is 0 Å². The highest BCUT2D eigenvalue weighted by atomic mass is 15.1. The predicted molar refractivity (Wildman–Crippen MR) is 92.3 cm³/mol. The molecular weight excluding hydrogens is 256 g/mol. The van der Waals surface area contributed by atoms with Gasteiger partial charge >= 0.3 is 0 Å². The van der Waals surface area contributed by atoms with Gasteiger partial charge in [-0.3, -0.25) is 0 Å². The van der Waals surface area contributed by atoms with Gasteiger partial charge in [-0.2, -0.15) is 0 Å². The monoisotopic (exact) mass is 294 g/mol. The largest absolute Gasteiger partial charge is 0.327 e. The molecule has 3 atom stereocenters. The van der Waals surface area contributed by atoms with Gasteiger partial charge in [-0.25, -0.2) is 0 Å². The SMILES string of the molecule is CCC1(CC)CCN(CC2CC(C(C)C)CCC2N)CC1. The van der Waals surface area contributed by atoms with Crippen molar-refractivity contribution in [2.45, 2.75) is 78.7 Å². The van der Waals surface area contributed by atoms with E-state index in [2.05, 4.69) is 32.6 Å². The Morgan fingerprint density at radius 2 is 1.71 bits per heavy atom. The molecule has 2 nitrogen and oxygen atoms in total. The number of likely N-dealkylation sites (tertiary alicyclic amines) is 1. The minimum atomic E-state index is 0.448. The Kier molecular flexibility index (Phi) is 6.14. The predicted octanol–water partition coefficient (Wildman–Crippen LogP) is 4.29. The van der Waals surface area contributed by atoms with Crippen LogP contribution in [0.25, 0.3) is 0 Å². The third kappa shape index (κ3) is 4.22. The van der Waals surface area contributed by atoms with Gasteiger partial charge in [0.2, 0.25) is 0 Å². The lowest BCUT2D eigenvalue weighted by molar-refractivity contribution is 0.0661. The Morgan fingerprint density at radius 1 is 1.10 bits per heavy atom. The molecule has 1 aliphatic carbocycles. The molecule has 1 saturated carbocycles. The van der Waals surface area contributed by atoms with E-state index in [1.165, 1.54) is 64.6 Å². The Labute approximate surface area is 132 Å². The van der Waals surface area contributed by atoms with Gasteiger partial charge in [0.05, 0.1) is 0 Å². The molecule has 2 heteroatoms. The molecule has 21 heavy (non-hydrogen) atoms. The summed E-state index contributed by atoms with van der Waals surface area (Å²) in [5.74, 6) is 2.47. The van der Waals surface area contributed by atoms with Crippen LogP contribution in [0, 0.1) is 23.2 Å². The van der Waals surface area contributed by atoms with Crippen molar-refractivity contribution in [1.29, 1.82) is 0 Å². The first-order valence-corrected chi connectivity index (χ1v) is 9.47. The van der Waals surface area contributed by atoms with Crippen molar-refractivity contribution in [2.75, 3.05) is 19.6 Å². The summed E-state index contributed by atoms with van der Waals surface area (Å²) in [6.07, 6.45) is 9.47. The van der Waals surface area contributed by atoms with Gasteiger partial charge in [0.1, 0.15) is 0 Å². The first-order valence-electron chi connectivity index (χ1n) is 9.47. The van der Waals surface area contributed by atoms with Crippen LogP contribution in [0.5, 0.6) is 0 Å². The minimum absolute atomic E-state index is 0.448. The first-order chi connectivity index (χ1) is 9.99. The molecule has 1 saturated heterocycles. The van der Waals surface area contributed by atoms with E-state index in [0.29, 0.717) is 11.5 Å². The van der Waals surface area contributed by atoms with Gasteiger partial charge in [0.15, 0.2) is 0 Å². The lowest BCUT2D eigenvalue weighted by Crippen LogP contribution is -2.47. The van der Waals surface area contributed by atoms with Crippen LogP contribution < -0.4 is 5.73 Å². The van der Waals surface area contributed by atoms with Crippen LogP contribution in [0.1, 0.15) is 72.6 Å². The Balaban J connectivity index is 1.84. The third-order valence-electron chi connectivity index (χ3n) is 6.93. The van der Waals surface area contributed by atoms with Gasteiger partial charge in [-0.1, -0.05) is 40.5 Å². The summed E-state index contributed by atoms with van der Waals surface area (Å²) in [7, 11) is 0. The van der Waals surface area contributed by atoms with Crippen LogP contribution in [0.4, 0.5) is 0 Å². The molecule has 2 rings (SSSR count). The van der Waals surface area contributed by atoms with Crippen LogP contribution in [0.15, 0.2) is 0 Å². The van der Waals surface area contributed by atoms with Gasteiger partial charge in [0, 0.05) is 12.6 Å². The number of hydrogen-bond donors (Lipinski definition) is 1. The van der Waals surface area contributed by atoms with Gasteiger partial charge < -0.3 is 10.6 Å². The summed E-state index contributed by atoms with van der Waals surface area (Å²) < 4.78 is 0. The quantitative estimate of drug-likeness (QED) is 0.819. The topological polar surface area (TPSA) is 29.3 Å². The maximum atomic E-state index is 6.44. The molecule has 0 aromatic rings. The molecule has 0 amide bonds. The van der Waals surface area contributed by atoms with Crippen molar-refractivity contribution >= 4 is 0 Å². The second-order valence-corrected chi connectivity index (χ2v) is 8.25. The fraction of sp³-hybridized carbons (Fsp3) is 1.00. The highest BCUT2D eigenvalue weighted by Crippen LogP contribution is 2.39. The number of hydrogen-bond acceptors (Lipinski definition) is 2. The summed E-state index contributed by atoms with van der Waals surface area (Å²) >= 11 is 0. The smallest absolute Gasteiger partial charge is 0.00795 e. The van der Waals surface area contributed by atoms with Crippen molar-refractivity contribution in [3.8, 4) is 0 Å².